The lowest BCUT2D eigenvalue weighted by Crippen LogP contribution is -2.12. The van der Waals surface area contributed by atoms with Gasteiger partial charge in [0, 0.05) is 13.5 Å². The average molecular weight is 274 g/mol. The number of nitrogens with one attached hydrogen (secondary N) is 1. The zero-order chi connectivity index (χ0) is 14.3. The third kappa shape index (κ3) is 7.64. The van der Waals surface area contributed by atoms with Gasteiger partial charge in [-0.1, -0.05) is 12.1 Å². The number of carboxylic acids is 1. The third-order valence-corrected chi connectivity index (χ3v) is 2.37. The van der Waals surface area contributed by atoms with Crippen LogP contribution in [0.3, 0.4) is 0 Å². The molecule has 1 aromatic rings. The number of rotatable bonds is 3. The highest BCUT2D eigenvalue weighted by atomic mass is 32.2. The molecular weight excluding hydrogens is 256 g/mol. The Labute approximate surface area is 107 Å². The Bertz CT molecular complexity index is 508. The first-order chi connectivity index (χ1) is 8.15. The predicted octanol–water partition coefficient (Wildman–Crippen LogP) is 0.916. The first kappa shape index (κ1) is 16.4. The fourth-order valence-electron chi connectivity index (χ4n) is 1.16. The van der Waals surface area contributed by atoms with Crippen LogP contribution in [0.1, 0.15) is 18.1 Å². The van der Waals surface area contributed by atoms with Gasteiger partial charge < -0.3 is 10.8 Å². The zero-order valence-electron chi connectivity index (χ0n) is 10.6. The van der Waals surface area contributed by atoms with Gasteiger partial charge in [-0.25, -0.2) is 8.42 Å². The van der Waals surface area contributed by atoms with E-state index in [0.29, 0.717) is 12.2 Å². The molecule has 0 aromatic heterocycles. The topological polar surface area (TPSA) is 109 Å². The summed E-state index contributed by atoms with van der Waals surface area (Å²) in [5, 5.41) is 7.42. The molecule has 1 aromatic carbocycles. The number of hydrogen-bond acceptors (Lipinski definition) is 4. The summed E-state index contributed by atoms with van der Waals surface area (Å²) in [6, 6.07) is 5.49. The molecule has 0 amide bonds. The fourth-order valence-corrected chi connectivity index (χ4v) is 1.75. The van der Waals surface area contributed by atoms with Gasteiger partial charge in [0.1, 0.15) is 0 Å². The molecule has 0 aliphatic rings. The Morgan fingerprint density at radius 3 is 2.33 bits per heavy atom. The second-order valence-corrected chi connectivity index (χ2v) is 5.51. The molecule has 0 saturated heterocycles. The summed E-state index contributed by atoms with van der Waals surface area (Å²) in [6.45, 7) is 3.30. The van der Waals surface area contributed by atoms with Crippen molar-refractivity contribution < 1.29 is 18.3 Å². The lowest BCUT2D eigenvalue weighted by molar-refractivity contribution is -0.134. The van der Waals surface area contributed by atoms with E-state index in [4.69, 9.17) is 15.6 Å². The van der Waals surface area contributed by atoms with Crippen molar-refractivity contribution in [3.05, 3.63) is 29.3 Å². The lowest BCUT2D eigenvalue weighted by atomic mass is 10.1. The number of carboxylic acid groups (broad SMARTS) is 1. The number of hydrogen-bond donors (Lipinski definition) is 3. The largest absolute Gasteiger partial charge is 0.481 e. The van der Waals surface area contributed by atoms with Gasteiger partial charge in [-0.3, -0.25) is 9.52 Å². The summed E-state index contributed by atoms with van der Waals surface area (Å²) < 4.78 is 24.5. The molecule has 7 heteroatoms. The molecule has 0 spiro atoms. The van der Waals surface area contributed by atoms with E-state index in [2.05, 4.69) is 4.72 Å². The Morgan fingerprint density at radius 2 is 1.94 bits per heavy atom. The standard InChI is InChI=1S/C9H14N2O2S.C2H4O2/c1-7-3-4-8(6-10)9(5-7)11-14(2,12)13;1-2(3)4/h3-5,11H,6,10H2,1-2H3;1H3,(H,3,4). The van der Waals surface area contributed by atoms with Crippen LogP contribution in [0.15, 0.2) is 18.2 Å². The Balaban J connectivity index is 0.000000631. The summed E-state index contributed by atoms with van der Waals surface area (Å²) in [7, 11) is -3.23. The minimum absolute atomic E-state index is 0.318. The zero-order valence-corrected chi connectivity index (χ0v) is 11.4. The highest BCUT2D eigenvalue weighted by molar-refractivity contribution is 7.92. The maximum Gasteiger partial charge on any atom is 0.300 e. The van der Waals surface area contributed by atoms with Crippen molar-refractivity contribution in [2.75, 3.05) is 11.0 Å². The molecular formula is C11H18N2O4S. The van der Waals surface area contributed by atoms with Gasteiger partial charge in [-0.2, -0.15) is 0 Å². The van der Waals surface area contributed by atoms with E-state index in [1.807, 2.05) is 19.1 Å². The quantitative estimate of drug-likeness (QED) is 0.759. The van der Waals surface area contributed by atoms with Crippen molar-refractivity contribution in [3.63, 3.8) is 0 Å². The van der Waals surface area contributed by atoms with Crippen LogP contribution in [0.5, 0.6) is 0 Å². The van der Waals surface area contributed by atoms with E-state index in [1.54, 1.807) is 6.07 Å². The first-order valence-corrected chi connectivity index (χ1v) is 7.01. The van der Waals surface area contributed by atoms with Gasteiger partial charge >= 0.3 is 0 Å². The molecule has 6 nitrogen and oxygen atoms in total. The molecule has 0 atom stereocenters. The van der Waals surface area contributed by atoms with Crippen LogP contribution in [0.4, 0.5) is 5.69 Å². The SMILES string of the molecule is CC(=O)O.Cc1ccc(CN)c(NS(C)(=O)=O)c1. The summed E-state index contributed by atoms with van der Waals surface area (Å²) in [4.78, 5) is 9.00. The van der Waals surface area contributed by atoms with E-state index >= 15 is 0 Å². The molecule has 0 fully saturated rings. The summed E-state index contributed by atoms with van der Waals surface area (Å²) in [5.74, 6) is -0.833. The van der Waals surface area contributed by atoms with Gasteiger partial charge in [0.15, 0.2) is 0 Å². The number of carbonyl (C=O) groups is 1. The van der Waals surface area contributed by atoms with Crippen LogP contribution >= 0.6 is 0 Å². The lowest BCUT2D eigenvalue weighted by Gasteiger charge is -2.09. The smallest absolute Gasteiger partial charge is 0.300 e. The van der Waals surface area contributed by atoms with Crippen LogP contribution in [-0.2, 0) is 21.4 Å². The van der Waals surface area contributed by atoms with Crippen molar-refractivity contribution in [1.82, 2.24) is 0 Å². The van der Waals surface area contributed by atoms with Gasteiger partial charge in [-0.05, 0) is 24.1 Å². The number of anilines is 1. The maximum atomic E-state index is 11.0. The molecule has 0 saturated carbocycles. The van der Waals surface area contributed by atoms with Gasteiger partial charge in [0.25, 0.3) is 5.97 Å². The van der Waals surface area contributed by atoms with Crippen molar-refractivity contribution in [2.45, 2.75) is 20.4 Å². The summed E-state index contributed by atoms with van der Waals surface area (Å²) in [6.07, 6.45) is 1.12. The molecule has 102 valence electrons. The van der Waals surface area contributed by atoms with E-state index in [0.717, 1.165) is 24.3 Å². The second-order valence-electron chi connectivity index (χ2n) is 3.76. The van der Waals surface area contributed by atoms with Crippen LogP contribution < -0.4 is 10.5 Å². The van der Waals surface area contributed by atoms with Crippen LogP contribution in [0.2, 0.25) is 0 Å². The Kier molecular flexibility index (Phi) is 6.35. The third-order valence-electron chi connectivity index (χ3n) is 1.78. The van der Waals surface area contributed by atoms with Crippen LogP contribution in [0, 0.1) is 6.92 Å². The predicted molar refractivity (Wildman–Crippen MR) is 70.8 cm³/mol. The number of benzene rings is 1. The average Bonchev–Trinajstić information content (AvgIpc) is 2.14. The van der Waals surface area contributed by atoms with Crippen molar-refractivity contribution in [2.24, 2.45) is 5.73 Å². The highest BCUT2D eigenvalue weighted by Gasteiger charge is 2.06. The van der Waals surface area contributed by atoms with E-state index in [1.165, 1.54) is 0 Å². The molecule has 1 rings (SSSR count). The fraction of sp³-hybridized carbons (Fsp3) is 0.364. The van der Waals surface area contributed by atoms with Crippen molar-refractivity contribution in [1.29, 1.82) is 0 Å². The molecule has 4 N–H and O–H groups in total. The second kappa shape index (κ2) is 6.97. The first-order valence-electron chi connectivity index (χ1n) is 5.12. The molecule has 0 heterocycles. The minimum atomic E-state index is -3.23. The molecule has 18 heavy (non-hydrogen) atoms. The molecule has 0 unspecified atom stereocenters. The van der Waals surface area contributed by atoms with E-state index in [-0.39, 0.29) is 0 Å². The maximum absolute atomic E-state index is 11.0. The normalized spacial score (nSPS) is 10.2. The summed E-state index contributed by atoms with van der Waals surface area (Å²) in [5.41, 5.74) is 7.84. The van der Waals surface area contributed by atoms with Crippen molar-refractivity contribution in [3.8, 4) is 0 Å². The number of sulfonamides is 1. The molecule has 0 bridgehead atoms. The number of aryl methyl sites for hydroxylation is 1. The van der Waals surface area contributed by atoms with Crippen LogP contribution in [0.25, 0.3) is 0 Å². The Hall–Kier alpha value is -1.60. The van der Waals surface area contributed by atoms with Gasteiger partial charge in [0.05, 0.1) is 11.9 Å². The number of nitrogens with two attached hydrogens (primary N) is 1. The number of aliphatic carboxylic acids is 1. The summed E-state index contributed by atoms with van der Waals surface area (Å²) >= 11 is 0. The van der Waals surface area contributed by atoms with Crippen molar-refractivity contribution >= 4 is 21.7 Å². The molecule has 0 radical (unpaired) electrons. The Morgan fingerprint density at radius 1 is 1.44 bits per heavy atom. The molecule has 0 aliphatic heterocycles. The van der Waals surface area contributed by atoms with E-state index in [9.17, 15) is 8.42 Å². The van der Waals surface area contributed by atoms with Gasteiger partial charge in [-0.15, -0.1) is 0 Å². The minimum Gasteiger partial charge on any atom is -0.481 e. The monoisotopic (exact) mass is 274 g/mol. The molecule has 0 aliphatic carbocycles. The van der Waals surface area contributed by atoms with Gasteiger partial charge in [0.2, 0.25) is 10.0 Å². The highest BCUT2D eigenvalue weighted by Crippen LogP contribution is 2.17. The van der Waals surface area contributed by atoms with E-state index < -0.39 is 16.0 Å². The van der Waals surface area contributed by atoms with Crippen LogP contribution in [-0.4, -0.2) is 25.7 Å².